The van der Waals surface area contributed by atoms with Crippen molar-refractivity contribution in [3.63, 3.8) is 0 Å². The lowest BCUT2D eigenvalue weighted by molar-refractivity contribution is -0.136. The first kappa shape index (κ1) is 17.0. The lowest BCUT2D eigenvalue weighted by Gasteiger charge is -2.36. The van der Waals surface area contributed by atoms with Crippen molar-refractivity contribution in [2.24, 2.45) is 0 Å². The molecular weight excluding hydrogens is 305 g/mol. The molecule has 1 atom stereocenters. The van der Waals surface area contributed by atoms with Gasteiger partial charge in [0.1, 0.15) is 6.54 Å². The number of halogens is 4. The van der Waals surface area contributed by atoms with Crippen molar-refractivity contribution in [2.45, 2.75) is 38.4 Å². The molecule has 1 aliphatic heterocycles. The molecule has 9 heteroatoms. The van der Waals surface area contributed by atoms with E-state index in [1.807, 2.05) is 0 Å². The van der Waals surface area contributed by atoms with Crippen molar-refractivity contribution in [3.8, 4) is 0 Å². The predicted octanol–water partition coefficient (Wildman–Crippen LogP) is 2.21. The van der Waals surface area contributed by atoms with Crippen molar-refractivity contribution in [3.05, 3.63) is 0 Å². The Bertz CT molecular complexity index is 389. The van der Waals surface area contributed by atoms with Gasteiger partial charge in [-0.3, -0.25) is 0 Å². The number of piperidine rings is 1. The second kappa shape index (κ2) is 6.60. The van der Waals surface area contributed by atoms with Gasteiger partial charge in [-0.2, -0.15) is 30.2 Å². The monoisotopic (exact) mass is 322 g/mol. The van der Waals surface area contributed by atoms with Crippen LogP contribution in [0.2, 0.25) is 0 Å². The molecule has 0 aromatic carbocycles. The maximum absolute atomic E-state index is 12.5. The third-order valence-corrected chi connectivity index (χ3v) is 5.32. The summed E-state index contributed by atoms with van der Waals surface area (Å²) >= 11 is 5.41. The number of alkyl halides is 4. The normalized spacial score (nSPS) is 22.9. The average Bonchev–Trinajstić information content (AvgIpc) is 2.27. The summed E-state index contributed by atoms with van der Waals surface area (Å²) in [6.07, 6.45) is -2.34. The third kappa shape index (κ3) is 4.77. The van der Waals surface area contributed by atoms with E-state index >= 15 is 0 Å². The van der Waals surface area contributed by atoms with Gasteiger partial charge in [0.25, 0.3) is 10.2 Å². The van der Waals surface area contributed by atoms with Crippen LogP contribution in [0.25, 0.3) is 0 Å². The van der Waals surface area contributed by atoms with Gasteiger partial charge in [-0.15, -0.1) is 11.6 Å². The second-order valence-electron chi connectivity index (χ2n) is 4.60. The highest BCUT2D eigenvalue weighted by Crippen LogP contribution is 2.25. The number of rotatable bonds is 5. The van der Waals surface area contributed by atoms with Gasteiger partial charge in [0.05, 0.1) is 0 Å². The van der Waals surface area contributed by atoms with Crippen LogP contribution in [0.5, 0.6) is 0 Å². The minimum Gasteiger partial charge on any atom is -0.195 e. The molecule has 1 fully saturated rings. The molecule has 0 radical (unpaired) electrons. The molecule has 1 rings (SSSR count). The largest absolute Gasteiger partial charge is 0.402 e. The number of hydrogen-bond acceptors (Lipinski definition) is 2. The van der Waals surface area contributed by atoms with Gasteiger partial charge in [0.2, 0.25) is 0 Å². The molecule has 1 saturated heterocycles. The molecule has 0 aromatic rings. The van der Waals surface area contributed by atoms with E-state index in [2.05, 4.69) is 0 Å². The molecule has 0 aromatic heterocycles. The van der Waals surface area contributed by atoms with Gasteiger partial charge >= 0.3 is 6.18 Å². The highest BCUT2D eigenvalue weighted by molar-refractivity contribution is 7.86. The summed E-state index contributed by atoms with van der Waals surface area (Å²) in [5, 5.41) is 0. The Morgan fingerprint density at radius 1 is 1.37 bits per heavy atom. The van der Waals surface area contributed by atoms with E-state index in [0.29, 0.717) is 17.1 Å². The van der Waals surface area contributed by atoms with Crippen LogP contribution >= 0.6 is 11.6 Å². The number of nitrogens with zero attached hydrogens (tertiary/aromatic N) is 2. The Balaban J connectivity index is 2.91. The first-order valence-corrected chi connectivity index (χ1v) is 8.01. The molecule has 4 nitrogen and oxygen atoms in total. The van der Waals surface area contributed by atoms with Gasteiger partial charge in [-0.1, -0.05) is 6.42 Å². The summed E-state index contributed by atoms with van der Waals surface area (Å²) in [7, 11) is -4.11. The van der Waals surface area contributed by atoms with Crippen LogP contribution < -0.4 is 0 Å². The molecule has 0 amide bonds. The summed E-state index contributed by atoms with van der Waals surface area (Å²) < 4.78 is 63.4. The van der Waals surface area contributed by atoms with E-state index < -0.39 is 22.9 Å². The molecular formula is C10H18ClF3N2O2S. The van der Waals surface area contributed by atoms with Crippen molar-refractivity contribution >= 4 is 21.8 Å². The average molecular weight is 323 g/mol. The van der Waals surface area contributed by atoms with E-state index in [0.717, 1.165) is 10.7 Å². The van der Waals surface area contributed by atoms with Crippen molar-refractivity contribution in [1.29, 1.82) is 0 Å². The van der Waals surface area contributed by atoms with Gasteiger partial charge in [-0.25, -0.2) is 0 Å². The first-order valence-electron chi connectivity index (χ1n) is 6.08. The van der Waals surface area contributed by atoms with Crippen LogP contribution in [0.15, 0.2) is 0 Å². The summed E-state index contributed by atoms with van der Waals surface area (Å²) in [5.74, 6) is -0.169. The van der Waals surface area contributed by atoms with Crippen LogP contribution in [0, 0.1) is 0 Å². The fourth-order valence-electron chi connectivity index (χ4n) is 2.13. The minimum absolute atomic E-state index is 0.169. The topological polar surface area (TPSA) is 40.6 Å². The Kier molecular flexibility index (Phi) is 5.91. The fraction of sp³-hybridized carbons (Fsp3) is 1.00. The van der Waals surface area contributed by atoms with Crippen LogP contribution in [0.1, 0.15) is 26.2 Å². The third-order valence-electron chi connectivity index (χ3n) is 3.05. The first-order chi connectivity index (χ1) is 8.68. The molecule has 114 valence electrons. The van der Waals surface area contributed by atoms with Gasteiger partial charge in [-0.05, 0) is 19.8 Å². The van der Waals surface area contributed by atoms with Crippen molar-refractivity contribution < 1.29 is 21.6 Å². The van der Waals surface area contributed by atoms with Crippen LogP contribution in [-0.2, 0) is 10.2 Å². The zero-order valence-corrected chi connectivity index (χ0v) is 12.2. The second-order valence-corrected chi connectivity index (χ2v) is 6.86. The molecule has 0 spiro atoms. The maximum atomic E-state index is 12.5. The lowest BCUT2D eigenvalue weighted by Crippen LogP contribution is -2.52. The highest BCUT2D eigenvalue weighted by atomic mass is 35.5. The maximum Gasteiger partial charge on any atom is 0.402 e. The predicted molar refractivity (Wildman–Crippen MR) is 67.3 cm³/mol. The Morgan fingerprint density at radius 3 is 2.47 bits per heavy atom. The smallest absolute Gasteiger partial charge is 0.195 e. The lowest BCUT2D eigenvalue weighted by atomic mass is 10.1. The zero-order chi connectivity index (χ0) is 14.7. The van der Waals surface area contributed by atoms with Gasteiger partial charge in [0.15, 0.2) is 0 Å². The quantitative estimate of drug-likeness (QED) is 0.728. The standard InChI is InChI=1S/C10H18ClF3N2O2S/c1-9-4-2-3-6-16(9)19(17,18)15(7-5-11)8-10(12,13)14/h9H,2-8H2,1H3. The summed E-state index contributed by atoms with van der Waals surface area (Å²) in [4.78, 5) is 0. The van der Waals surface area contributed by atoms with Gasteiger partial charge in [0, 0.05) is 25.0 Å². The molecule has 1 heterocycles. The highest BCUT2D eigenvalue weighted by Gasteiger charge is 2.40. The molecule has 0 N–H and O–H groups in total. The van der Waals surface area contributed by atoms with Crippen LogP contribution in [0.3, 0.4) is 0 Å². The number of hydrogen-bond donors (Lipinski definition) is 0. The minimum atomic E-state index is -4.57. The molecule has 0 saturated carbocycles. The zero-order valence-electron chi connectivity index (χ0n) is 10.7. The van der Waals surface area contributed by atoms with Crippen LogP contribution in [-0.4, -0.2) is 54.8 Å². The van der Waals surface area contributed by atoms with E-state index in [4.69, 9.17) is 11.6 Å². The SMILES string of the molecule is CC1CCCCN1S(=O)(=O)N(CCCl)CC(F)(F)F. The van der Waals surface area contributed by atoms with Crippen molar-refractivity contribution in [1.82, 2.24) is 8.61 Å². The Labute approximate surface area is 116 Å². The molecule has 0 aliphatic carbocycles. The molecule has 1 unspecified atom stereocenters. The van der Waals surface area contributed by atoms with E-state index in [1.54, 1.807) is 6.92 Å². The molecule has 19 heavy (non-hydrogen) atoms. The summed E-state index contributed by atoms with van der Waals surface area (Å²) in [6.45, 7) is 0.140. The summed E-state index contributed by atoms with van der Waals surface area (Å²) in [5.41, 5.74) is 0. The van der Waals surface area contributed by atoms with Gasteiger partial charge < -0.3 is 0 Å². The fourth-order valence-corrected chi connectivity index (χ4v) is 4.29. The Hall–Kier alpha value is -0.0500. The van der Waals surface area contributed by atoms with Crippen LogP contribution in [0.4, 0.5) is 13.2 Å². The Morgan fingerprint density at radius 2 is 2.00 bits per heavy atom. The summed E-state index contributed by atoms with van der Waals surface area (Å²) in [6, 6.07) is -0.273. The molecule has 1 aliphatic rings. The van der Waals surface area contributed by atoms with E-state index in [9.17, 15) is 21.6 Å². The molecule has 0 bridgehead atoms. The van der Waals surface area contributed by atoms with Crippen molar-refractivity contribution in [2.75, 3.05) is 25.5 Å². The van der Waals surface area contributed by atoms with E-state index in [1.165, 1.54) is 0 Å². The van der Waals surface area contributed by atoms with E-state index in [-0.39, 0.29) is 25.0 Å².